The molecule has 5 rings (SSSR count). The Hall–Kier alpha value is -6.09. The van der Waals surface area contributed by atoms with Crippen molar-refractivity contribution >= 4 is 109 Å². The van der Waals surface area contributed by atoms with Gasteiger partial charge in [-0.1, -0.05) is 78.7 Å². The van der Waals surface area contributed by atoms with Crippen molar-refractivity contribution in [2.45, 2.75) is 140 Å². The molecule has 0 spiro atoms. The molecule has 2 saturated heterocycles. The highest BCUT2D eigenvalue weighted by Crippen LogP contribution is 2.49. The maximum Gasteiger partial charge on any atom is 0.412 e. The summed E-state index contributed by atoms with van der Waals surface area (Å²) in [5, 5.41) is 28.7. The number of aliphatic hydroxyl groups is 1. The number of carbonyl (C=O) groups excluding carboxylic acids is 8. The molecule has 0 aliphatic carbocycles. The maximum atomic E-state index is 14.4. The highest BCUT2D eigenvalue weighted by Gasteiger charge is 2.64. The summed E-state index contributed by atoms with van der Waals surface area (Å²) in [6.45, 7) is 12.7. The van der Waals surface area contributed by atoms with Crippen LogP contribution in [0, 0.1) is 11.8 Å². The van der Waals surface area contributed by atoms with Gasteiger partial charge in [-0.15, -0.1) is 0 Å². The third kappa shape index (κ3) is 18.2. The van der Waals surface area contributed by atoms with Crippen LogP contribution in [0.3, 0.4) is 0 Å². The minimum atomic E-state index is -1.90. The van der Waals surface area contributed by atoms with Crippen LogP contribution in [0.5, 0.6) is 5.75 Å². The summed E-state index contributed by atoms with van der Waals surface area (Å²) >= 11 is 13.5. The van der Waals surface area contributed by atoms with Crippen molar-refractivity contribution in [3.8, 4) is 5.75 Å². The number of amides is 7. The zero-order chi connectivity index (χ0) is 60.6. The van der Waals surface area contributed by atoms with E-state index < -0.39 is 108 Å². The molecule has 1 unspecified atom stereocenters. The summed E-state index contributed by atoms with van der Waals surface area (Å²) in [5.41, 5.74) is 4.70. The number of carbonyl (C=O) groups is 8. The number of ether oxygens (including phenoxy) is 6. The van der Waals surface area contributed by atoms with Gasteiger partial charge < -0.3 is 64.9 Å². The van der Waals surface area contributed by atoms with Gasteiger partial charge in [-0.3, -0.25) is 30.3 Å². The molecular weight excluding hydrogens is 1220 g/mol. The molecule has 23 nitrogen and oxygen atoms in total. The number of alkyl carbamates (subject to hydrolysis) is 1. The number of epoxide rings is 1. The topological polar surface area (TPSA) is 317 Å². The van der Waals surface area contributed by atoms with Crippen LogP contribution in [-0.2, 0) is 54.1 Å². The van der Waals surface area contributed by atoms with E-state index in [-0.39, 0.29) is 70.1 Å². The van der Waals surface area contributed by atoms with Crippen LogP contribution >= 0.6 is 43.5 Å². The van der Waals surface area contributed by atoms with Gasteiger partial charge in [0.1, 0.15) is 47.0 Å². The average molecular weight is 1300 g/mol. The minimum Gasteiger partial charge on any atom is -0.495 e. The highest BCUT2D eigenvalue weighted by molar-refractivity contribution is 9.10. The molecule has 9 N–H and O–H groups in total. The normalized spacial score (nSPS) is 24.8. The summed E-state index contributed by atoms with van der Waals surface area (Å²) < 4.78 is 34.9. The smallest absolute Gasteiger partial charge is 0.412 e. The molecule has 2 fully saturated rings. The van der Waals surface area contributed by atoms with Crippen molar-refractivity contribution in [1.82, 2.24) is 21.3 Å². The quantitative estimate of drug-likeness (QED) is 0.0107. The van der Waals surface area contributed by atoms with Crippen LogP contribution in [0.1, 0.15) is 85.1 Å². The summed E-state index contributed by atoms with van der Waals surface area (Å²) in [6.07, 6.45) is 1.48. The molecule has 0 radical (unpaired) electrons. The van der Waals surface area contributed by atoms with E-state index >= 15 is 0 Å². The number of alkyl halides is 1. The molecule has 3 aliphatic rings. The minimum absolute atomic E-state index is 0.0659. The van der Waals surface area contributed by atoms with Gasteiger partial charge in [0.15, 0.2) is 5.72 Å². The van der Waals surface area contributed by atoms with Gasteiger partial charge in [0.2, 0.25) is 17.7 Å². The van der Waals surface area contributed by atoms with Gasteiger partial charge >= 0.3 is 24.2 Å². The molecule has 26 heteroatoms. The summed E-state index contributed by atoms with van der Waals surface area (Å²) in [7, 11) is 4.40. The van der Waals surface area contributed by atoms with Gasteiger partial charge in [-0.25, -0.2) is 19.2 Å². The third-order valence-corrected chi connectivity index (χ3v) is 16.1. The zero-order valence-electron chi connectivity index (χ0n) is 47.2. The number of urea groups is 1. The van der Waals surface area contributed by atoms with E-state index in [0.29, 0.717) is 43.4 Å². The Balaban J connectivity index is 1.34. The molecule has 3 heterocycles. The molecule has 3 aliphatic heterocycles. The lowest BCUT2D eigenvalue weighted by Crippen LogP contribution is -2.63. The molecule has 4 bridgehead atoms. The molecule has 0 saturated carbocycles. The number of nitrogens with two attached hydrogens (primary N) is 1. The fraction of sp³-hybridized carbons (Fsp3) is 0.536. The second kappa shape index (κ2) is 30.5. The van der Waals surface area contributed by atoms with E-state index in [9.17, 15) is 43.5 Å². The second-order valence-corrected chi connectivity index (χ2v) is 22.8. The second-order valence-electron chi connectivity index (χ2n) is 21.0. The van der Waals surface area contributed by atoms with E-state index in [1.165, 1.54) is 44.4 Å². The number of esters is 1. The van der Waals surface area contributed by atoms with Crippen molar-refractivity contribution in [3.63, 3.8) is 0 Å². The first kappa shape index (κ1) is 66.7. The SMILES string of the molecule is C=C(CBr)C(=O)OCCCCC(C=O)N[C@H](C(=O)N[C@@H](CCCNC(N)=O)C(=O)Nc1ccc(NC(=O)O[C@H]2CC(=O)N(C)c3cc(cc(OC)c3Cl)C/C(C)=C/C=C/[C@@H](OC)[C@@]3(O)C[C@H](OC(=O)N3)[C@@H](C)[C@@H]3O[C@@]23C)c(Br)c1)C(C)C. The van der Waals surface area contributed by atoms with E-state index in [1.54, 1.807) is 52.0 Å². The number of hydrogen-bond acceptors (Lipinski definition) is 16. The molecule has 7 amide bonds. The maximum absolute atomic E-state index is 14.4. The molecular formula is C56H75Br2ClN8O15. The van der Waals surface area contributed by atoms with Crippen molar-refractivity contribution in [3.05, 3.63) is 81.3 Å². The standard InChI is InChI=1S/C56H75Br2ClN8O15/c1-30(2)47(62-36(29-68)15-10-11-21-79-51(72)32(4)28-57)50(71)64-39(16-13-20-61-52(60)73)49(70)63-35-18-19-38(37(58)25-35)65-53(74)81-44-26-45(69)67(7)40-23-34(24-41(77-8)46(40)59)22-31(3)14-12-17-43(78-9)56(76)27-42(80-54(75)66-56)33(5)48-55(44,6)82-48/h12,14,17-19,23-25,29-30,33,36,39,42-44,47-48,62,76H,4,10-11,13,15-16,20-22,26-28H2,1-3,5-9H3,(H,63,70)(H,64,71)(H,65,74)(H,66,75)(H3,60,61,73)/b17-12+,31-14+/t33-,36?,39+,42+,43-,44+,47+,48+,55+,56+/m1/s1. The predicted molar refractivity (Wildman–Crippen MR) is 314 cm³/mol. The number of primary amides is 1. The average Bonchev–Trinajstić information content (AvgIpc) is 4.27. The number of nitrogens with one attached hydrogen (secondary N) is 6. The molecule has 450 valence electrons. The van der Waals surface area contributed by atoms with Crippen molar-refractivity contribution in [2.24, 2.45) is 17.6 Å². The van der Waals surface area contributed by atoms with Gasteiger partial charge in [0, 0.05) is 54.1 Å². The Labute approximate surface area is 499 Å². The molecule has 82 heavy (non-hydrogen) atoms. The fourth-order valence-corrected chi connectivity index (χ4v) is 10.6. The Morgan fingerprint density at radius 3 is 2.45 bits per heavy atom. The van der Waals surface area contributed by atoms with Gasteiger partial charge in [-0.05, 0) is 110 Å². The van der Waals surface area contributed by atoms with Gasteiger partial charge in [0.25, 0.3) is 0 Å². The number of halogens is 3. The van der Waals surface area contributed by atoms with Crippen LogP contribution in [0.4, 0.5) is 31.4 Å². The molecule has 0 aromatic heterocycles. The lowest BCUT2D eigenvalue weighted by atomic mass is 9.83. The number of benzene rings is 2. The first-order chi connectivity index (χ1) is 38.8. The third-order valence-electron chi connectivity index (χ3n) is 14.4. The summed E-state index contributed by atoms with van der Waals surface area (Å²) in [6, 6.07) is 4.44. The Bertz CT molecular complexity index is 2750. The monoisotopic (exact) mass is 1290 g/mol. The Morgan fingerprint density at radius 2 is 1.80 bits per heavy atom. The zero-order valence-corrected chi connectivity index (χ0v) is 51.1. The largest absolute Gasteiger partial charge is 0.495 e. The molecule has 10 atom stereocenters. The number of rotatable bonds is 23. The number of nitrogens with zero attached hydrogens (tertiary/aromatic N) is 1. The molecule has 2 aromatic carbocycles. The van der Waals surface area contributed by atoms with Crippen LogP contribution in [0.15, 0.2) is 70.8 Å². The fourth-order valence-electron chi connectivity index (χ4n) is 9.63. The van der Waals surface area contributed by atoms with E-state index in [1.807, 2.05) is 13.0 Å². The first-order valence-corrected chi connectivity index (χ1v) is 29.0. The molecule has 2 aromatic rings. The number of anilines is 3. The van der Waals surface area contributed by atoms with Crippen LogP contribution < -0.4 is 47.3 Å². The van der Waals surface area contributed by atoms with E-state index in [4.69, 9.17) is 45.8 Å². The lowest BCUT2D eigenvalue weighted by Gasteiger charge is -2.42. The Kier molecular flexibility index (Phi) is 24.8. The number of hydrogen-bond donors (Lipinski definition) is 8. The summed E-state index contributed by atoms with van der Waals surface area (Å²) in [5.74, 6) is -2.85. The van der Waals surface area contributed by atoms with E-state index in [2.05, 4.69) is 70.3 Å². The summed E-state index contributed by atoms with van der Waals surface area (Å²) in [4.78, 5) is 106. The predicted octanol–water partition coefficient (Wildman–Crippen LogP) is 6.85. The van der Waals surface area contributed by atoms with Crippen LogP contribution in [0.25, 0.3) is 0 Å². The van der Waals surface area contributed by atoms with Crippen molar-refractivity contribution in [2.75, 3.05) is 55.3 Å². The number of methoxy groups -OCH3 is 2. The van der Waals surface area contributed by atoms with Gasteiger partial charge in [-0.2, -0.15) is 0 Å². The highest BCUT2D eigenvalue weighted by atomic mass is 79.9. The van der Waals surface area contributed by atoms with Crippen molar-refractivity contribution in [1.29, 1.82) is 0 Å². The first-order valence-electron chi connectivity index (χ1n) is 26.7. The number of aldehydes is 1. The van der Waals surface area contributed by atoms with Crippen LogP contribution in [-0.4, -0.2) is 147 Å². The van der Waals surface area contributed by atoms with Crippen molar-refractivity contribution < 1.29 is 71.9 Å². The number of unbranched alkanes of at least 4 members (excludes halogenated alkanes) is 1. The van der Waals surface area contributed by atoms with Gasteiger partial charge in [0.05, 0.1) is 49.7 Å². The number of fused-ring (bicyclic) bond motifs is 5. The Morgan fingerprint density at radius 1 is 1.07 bits per heavy atom. The van der Waals surface area contributed by atoms with E-state index in [0.717, 1.165) is 11.1 Å². The van der Waals surface area contributed by atoms with Crippen LogP contribution in [0.2, 0.25) is 5.02 Å². The lowest BCUT2D eigenvalue weighted by molar-refractivity contribution is -0.142. The number of allylic oxidation sites excluding steroid dienone is 3.